The van der Waals surface area contributed by atoms with E-state index in [1.807, 2.05) is 49.3 Å². The van der Waals surface area contributed by atoms with Crippen molar-refractivity contribution in [1.82, 2.24) is 9.21 Å². The highest BCUT2D eigenvalue weighted by Crippen LogP contribution is 2.24. The zero-order valence-electron chi connectivity index (χ0n) is 15.7. The molecular weight excluding hydrogens is 370 g/mol. The number of rotatable bonds is 10. The molecule has 4 nitrogen and oxygen atoms in total. The molecule has 2 aromatic rings. The van der Waals surface area contributed by atoms with E-state index in [0.717, 1.165) is 5.56 Å². The van der Waals surface area contributed by atoms with Crippen LogP contribution in [0.25, 0.3) is 0 Å². The highest BCUT2D eigenvalue weighted by atomic mass is 32.2. The molecule has 0 heterocycles. The Bertz CT molecular complexity index is 796. The molecule has 0 aliphatic rings. The molecule has 0 saturated heterocycles. The zero-order valence-corrected chi connectivity index (χ0v) is 16.5. The van der Waals surface area contributed by atoms with Gasteiger partial charge in [0.15, 0.2) is 0 Å². The van der Waals surface area contributed by atoms with Gasteiger partial charge in [-0.2, -0.15) is 4.31 Å². The Morgan fingerprint density at radius 3 is 2.15 bits per heavy atom. The summed E-state index contributed by atoms with van der Waals surface area (Å²) >= 11 is 0. The molecule has 0 spiro atoms. The predicted molar refractivity (Wildman–Crippen MR) is 103 cm³/mol. The number of nitrogens with zero attached hydrogens (tertiary/aromatic N) is 2. The first-order chi connectivity index (χ1) is 12.8. The van der Waals surface area contributed by atoms with Gasteiger partial charge in [-0.25, -0.2) is 12.8 Å². The van der Waals surface area contributed by atoms with Crippen LogP contribution in [0.4, 0.5) is 8.78 Å². The Morgan fingerprint density at radius 1 is 0.963 bits per heavy atom. The molecule has 0 aliphatic heterocycles. The number of benzene rings is 2. The largest absolute Gasteiger partial charge is 0.308 e. The maximum absolute atomic E-state index is 13.8. The van der Waals surface area contributed by atoms with E-state index in [9.17, 15) is 17.2 Å². The summed E-state index contributed by atoms with van der Waals surface area (Å²) in [6.07, 6.45) is -1.66. The molecule has 0 bridgehead atoms. The second kappa shape index (κ2) is 9.92. The molecular formula is C20H26F2N2O2S. The average molecular weight is 397 g/mol. The van der Waals surface area contributed by atoms with Gasteiger partial charge in [0.25, 0.3) is 0 Å². The van der Waals surface area contributed by atoms with Crippen LogP contribution in [0, 0.1) is 0 Å². The van der Waals surface area contributed by atoms with Crippen LogP contribution in [0.5, 0.6) is 0 Å². The Balaban J connectivity index is 2.26. The van der Waals surface area contributed by atoms with Crippen LogP contribution in [0.2, 0.25) is 0 Å². The van der Waals surface area contributed by atoms with E-state index in [0.29, 0.717) is 13.1 Å². The SMILES string of the molecule is CN(C)CCN(Cc1ccccc1)S(=O)(=O)c1ccc(C(F)CCF)cc1. The van der Waals surface area contributed by atoms with Crippen molar-refractivity contribution in [3.63, 3.8) is 0 Å². The number of hydrogen-bond donors (Lipinski definition) is 0. The number of halogens is 2. The van der Waals surface area contributed by atoms with Gasteiger partial charge in [0.1, 0.15) is 6.17 Å². The second-order valence-corrected chi connectivity index (χ2v) is 8.58. The standard InChI is InChI=1S/C20H26F2N2O2S/c1-23(2)14-15-24(16-17-6-4-3-5-7-17)27(25,26)19-10-8-18(9-11-19)20(22)12-13-21/h3-11,20H,12-16H2,1-2H3. The van der Waals surface area contributed by atoms with Crippen molar-refractivity contribution in [3.05, 3.63) is 65.7 Å². The van der Waals surface area contributed by atoms with Gasteiger partial charge in [-0.1, -0.05) is 42.5 Å². The van der Waals surface area contributed by atoms with Crippen molar-refractivity contribution in [2.45, 2.75) is 24.0 Å². The highest BCUT2D eigenvalue weighted by molar-refractivity contribution is 7.89. The Hall–Kier alpha value is -1.83. The van der Waals surface area contributed by atoms with Gasteiger partial charge in [-0.3, -0.25) is 4.39 Å². The van der Waals surface area contributed by atoms with E-state index < -0.39 is 22.9 Å². The molecule has 7 heteroatoms. The molecule has 0 aromatic heterocycles. The first-order valence-corrected chi connectivity index (χ1v) is 10.3. The van der Waals surface area contributed by atoms with Crippen LogP contribution in [0.3, 0.4) is 0 Å². The van der Waals surface area contributed by atoms with E-state index in [1.54, 1.807) is 0 Å². The van der Waals surface area contributed by atoms with Gasteiger partial charge >= 0.3 is 0 Å². The monoisotopic (exact) mass is 396 g/mol. The number of likely N-dealkylation sites (N-methyl/N-ethyl adjacent to an activating group) is 1. The van der Waals surface area contributed by atoms with Crippen LogP contribution < -0.4 is 0 Å². The van der Waals surface area contributed by atoms with Crippen molar-refractivity contribution in [1.29, 1.82) is 0 Å². The van der Waals surface area contributed by atoms with Crippen LogP contribution in [0.15, 0.2) is 59.5 Å². The fourth-order valence-corrected chi connectivity index (χ4v) is 4.06. The normalized spacial score (nSPS) is 13.3. The summed E-state index contributed by atoms with van der Waals surface area (Å²) in [5.74, 6) is 0. The summed E-state index contributed by atoms with van der Waals surface area (Å²) in [5.41, 5.74) is 1.18. The maximum atomic E-state index is 13.8. The first kappa shape index (κ1) is 21.5. The lowest BCUT2D eigenvalue weighted by Crippen LogP contribution is -2.36. The van der Waals surface area contributed by atoms with Crippen molar-refractivity contribution >= 4 is 10.0 Å². The smallest absolute Gasteiger partial charge is 0.243 e. The maximum Gasteiger partial charge on any atom is 0.243 e. The minimum Gasteiger partial charge on any atom is -0.308 e. The van der Waals surface area contributed by atoms with Gasteiger partial charge < -0.3 is 4.90 Å². The predicted octanol–water partition coefficient (Wildman–Crippen LogP) is 3.81. The molecule has 0 amide bonds. The van der Waals surface area contributed by atoms with E-state index in [4.69, 9.17) is 0 Å². The Morgan fingerprint density at radius 2 is 1.59 bits per heavy atom. The fourth-order valence-electron chi connectivity index (χ4n) is 2.64. The van der Waals surface area contributed by atoms with E-state index in [2.05, 4.69) is 0 Å². The van der Waals surface area contributed by atoms with Crippen molar-refractivity contribution in [2.24, 2.45) is 0 Å². The van der Waals surface area contributed by atoms with Crippen molar-refractivity contribution in [2.75, 3.05) is 33.9 Å². The topological polar surface area (TPSA) is 40.6 Å². The Labute approximate surface area is 160 Å². The highest BCUT2D eigenvalue weighted by Gasteiger charge is 2.25. The molecule has 0 aliphatic carbocycles. The molecule has 1 unspecified atom stereocenters. The fraction of sp³-hybridized carbons (Fsp3) is 0.400. The molecule has 2 aromatic carbocycles. The van der Waals surface area contributed by atoms with Crippen LogP contribution in [-0.4, -0.2) is 51.5 Å². The summed E-state index contributed by atoms with van der Waals surface area (Å²) in [5, 5.41) is 0. The molecule has 0 saturated carbocycles. The summed E-state index contributed by atoms with van der Waals surface area (Å²) < 4.78 is 53.8. The number of alkyl halides is 2. The van der Waals surface area contributed by atoms with E-state index in [1.165, 1.54) is 28.6 Å². The average Bonchev–Trinajstić information content (AvgIpc) is 2.66. The third-order valence-electron chi connectivity index (χ3n) is 4.24. The summed E-state index contributed by atoms with van der Waals surface area (Å²) in [4.78, 5) is 2.02. The van der Waals surface area contributed by atoms with E-state index >= 15 is 0 Å². The Kier molecular flexibility index (Phi) is 7.89. The lowest BCUT2D eigenvalue weighted by Gasteiger charge is -2.24. The minimum absolute atomic E-state index is 0.105. The first-order valence-electron chi connectivity index (χ1n) is 8.83. The van der Waals surface area contributed by atoms with Crippen LogP contribution >= 0.6 is 0 Å². The van der Waals surface area contributed by atoms with E-state index in [-0.39, 0.29) is 23.4 Å². The van der Waals surface area contributed by atoms with Crippen molar-refractivity contribution in [3.8, 4) is 0 Å². The lowest BCUT2D eigenvalue weighted by molar-refractivity contribution is 0.289. The molecule has 148 valence electrons. The van der Waals surface area contributed by atoms with Crippen LogP contribution in [0.1, 0.15) is 23.7 Å². The van der Waals surface area contributed by atoms with Gasteiger partial charge in [0.2, 0.25) is 10.0 Å². The summed E-state index contributed by atoms with van der Waals surface area (Å²) in [6, 6.07) is 15.0. The third-order valence-corrected chi connectivity index (χ3v) is 6.10. The molecule has 0 N–H and O–H groups in total. The molecule has 27 heavy (non-hydrogen) atoms. The number of hydrogen-bond acceptors (Lipinski definition) is 3. The molecule has 0 fully saturated rings. The number of sulfonamides is 1. The summed E-state index contributed by atoms with van der Waals surface area (Å²) in [7, 11) is 0.0271. The minimum atomic E-state index is -3.74. The zero-order chi connectivity index (χ0) is 19.9. The molecule has 0 radical (unpaired) electrons. The van der Waals surface area contributed by atoms with Gasteiger partial charge in [0.05, 0.1) is 11.6 Å². The quantitative estimate of drug-likeness (QED) is 0.613. The van der Waals surface area contributed by atoms with Gasteiger partial charge in [0, 0.05) is 26.1 Å². The lowest BCUT2D eigenvalue weighted by atomic mass is 10.1. The van der Waals surface area contributed by atoms with Gasteiger partial charge in [-0.15, -0.1) is 0 Å². The van der Waals surface area contributed by atoms with Gasteiger partial charge in [-0.05, 0) is 37.4 Å². The molecule has 1 atom stereocenters. The van der Waals surface area contributed by atoms with Crippen LogP contribution in [-0.2, 0) is 16.6 Å². The van der Waals surface area contributed by atoms with Crippen molar-refractivity contribution < 1.29 is 17.2 Å². The second-order valence-electron chi connectivity index (χ2n) is 6.64. The molecule has 2 rings (SSSR count). The summed E-state index contributed by atoms with van der Waals surface area (Å²) in [6.45, 7) is 0.412. The third kappa shape index (κ3) is 6.09.